The maximum absolute atomic E-state index is 10.8. The van der Waals surface area contributed by atoms with Gasteiger partial charge in [0.1, 0.15) is 0 Å². The third kappa shape index (κ3) is 2.32. The number of rotatable bonds is 3. The van der Waals surface area contributed by atoms with E-state index in [0.29, 0.717) is 0 Å². The summed E-state index contributed by atoms with van der Waals surface area (Å²) in [6.45, 7) is 0.737. The highest BCUT2D eigenvalue weighted by Gasteiger charge is 2.12. The summed E-state index contributed by atoms with van der Waals surface area (Å²) in [5.74, 6) is 0. The lowest BCUT2D eigenvalue weighted by Crippen LogP contribution is -1.97. The molecule has 0 aliphatic carbocycles. The van der Waals surface area contributed by atoms with E-state index in [1.807, 2.05) is 24.4 Å². The van der Waals surface area contributed by atoms with E-state index < -0.39 is 0 Å². The van der Waals surface area contributed by atoms with E-state index in [-0.39, 0.29) is 10.6 Å². The SMILES string of the molecule is O=[N+]([O-])c1ccc2c(c1)c(Br)cn2Cc1ccccc1. The molecule has 0 radical (unpaired) electrons. The van der Waals surface area contributed by atoms with Gasteiger partial charge in [0.25, 0.3) is 5.69 Å². The van der Waals surface area contributed by atoms with Crippen molar-refractivity contribution in [2.45, 2.75) is 6.54 Å². The van der Waals surface area contributed by atoms with E-state index in [9.17, 15) is 10.1 Å². The van der Waals surface area contributed by atoms with Gasteiger partial charge in [0.05, 0.1) is 4.92 Å². The number of nitro benzene ring substituents is 1. The van der Waals surface area contributed by atoms with E-state index in [1.54, 1.807) is 12.1 Å². The van der Waals surface area contributed by atoms with Crippen LogP contribution in [0.5, 0.6) is 0 Å². The summed E-state index contributed by atoms with van der Waals surface area (Å²) >= 11 is 3.47. The minimum Gasteiger partial charge on any atom is -0.342 e. The lowest BCUT2D eigenvalue weighted by atomic mass is 10.2. The second-order valence-electron chi connectivity index (χ2n) is 4.55. The normalized spacial score (nSPS) is 10.8. The number of hydrogen-bond acceptors (Lipinski definition) is 2. The molecule has 0 fully saturated rings. The Morgan fingerprint density at radius 1 is 1.15 bits per heavy atom. The maximum Gasteiger partial charge on any atom is 0.270 e. The Morgan fingerprint density at radius 3 is 2.60 bits per heavy atom. The molecule has 0 saturated carbocycles. The van der Waals surface area contributed by atoms with Crippen molar-refractivity contribution < 1.29 is 4.92 Å². The number of aromatic nitrogens is 1. The summed E-state index contributed by atoms with van der Waals surface area (Å²) in [6.07, 6.45) is 1.96. The van der Waals surface area contributed by atoms with E-state index in [2.05, 4.69) is 32.6 Å². The fourth-order valence-electron chi connectivity index (χ4n) is 2.27. The summed E-state index contributed by atoms with van der Waals surface area (Å²) in [4.78, 5) is 10.5. The van der Waals surface area contributed by atoms with E-state index >= 15 is 0 Å². The maximum atomic E-state index is 10.8. The number of fused-ring (bicyclic) bond motifs is 1. The molecule has 0 unspecified atom stereocenters. The Hall–Kier alpha value is -2.14. The van der Waals surface area contributed by atoms with E-state index in [1.165, 1.54) is 11.6 Å². The highest BCUT2D eigenvalue weighted by Crippen LogP contribution is 2.30. The van der Waals surface area contributed by atoms with Crippen molar-refractivity contribution in [3.63, 3.8) is 0 Å². The third-order valence-electron chi connectivity index (χ3n) is 3.22. The summed E-state index contributed by atoms with van der Waals surface area (Å²) in [5, 5.41) is 11.7. The number of nitrogens with zero attached hydrogens (tertiary/aromatic N) is 2. The first-order valence-electron chi connectivity index (χ1n) is 6.12. The zero-order valence-corrected chi connectivity index (χ0v) is 12.1. The summed E-state index contributed by atoms with van der Waals surface area (Å²) < 4.78 is 2.95. The van der Waals surface area contributed by atoms with Crippen molar-refractivity contribution in [3.05, 3.63) is 74.9 Å². The fraction of sp³-hybridized carbons (Fsp3) is 0.0667. The number of non-ortho nitro benzene ring substituents is 1. The summed E-state index contributed by atoms with van der Waals surface area (Å²) in [6, 6.07) is 15.0. The van der Waals surface area contributed by atoms with Crippen molar-refractivity contribution in [2.24, 2.45) is 0 Å². The van der Waals surface area contributed by atoms with Crippen LogP contribution >= 0.6 is 15.9 Å². The molecular formula is C15H11BrN2O2. The molecule has 4 nitrogen and oxygen atoms in total. The minimum absolute atomic E-state index is 0.107. The van der Waals surface area contributed by atoms with Crippen LogP contribution in [0.3, 0.4) is 0 Å². The first-order chi connectivity index (χ1) is 9.65. The average Bonchev–Trinajstić information content (AvgIpc) is 2.76. The zero-order chi connectivity index (χ0) is 14.1. The molecule has 3 rings (SSSR count). The number of benzene rings is 2. The first kappa shape index (κ1) is 12.9. The second-order valence-corrected chi connectivity index (χ2v) is 5.40. The van der Waals surface area contributed by atoms with E-state index in [4.69, 9.17) is 0 Å². The molecule has 0 saturated heterocycles. The Labute approximate surface area is 123 Å². The minimum atomic E-state index is -0.375. The standard InChI is InChI=1S/C15H11BrN2O2/c16-14-10-17(9-11-4-2-1-3-5-11)15-7-6-12(18(19)20)8-13(14)15/h1-8,10H,9H2. The fourth-order valence-corrected chi connectivity index (χ4v) is 2.83. The Balaban J connectivity index is 2.07. The lowest BCUT2D eigenvalue weighted by molar-refractivity contribution is -0.384. The van der Waals surface area contributed by atoms with Crippen LogP contribution in [0.15, 0.2) is 59.2 Å². The lowest BCUT2D eigenvalue weighted by Gasteiger charge is -2.05. The quantitative estimate of drug-likeness (QED) is 0.529. The van der Waals surface area contributed by atoms with Crippen molar-refractivity contribution >= 4 is 32.5 Å². The molecule has 0 bridgehead atoms. The number of nitro groups is 1. The van der Waals surface area contributed by atoms with Crippen LogP contribution in [0, 0.1) is 10.1 Å². The monoisotopic (exact) mass is 330 g/mol. The smallest absolute Gasteiger partial charge is 0.270 e. The van der Waals surface area contributed by atoms with Gasteiger partial charge in [-0.2, -0.15) is 0 Å². The molecule has 0 atom stereocenters. The molecule has 100 valence electrons. The molecule has 2 aromatic carbocycles. The van der Waals surface area contributed by atoms with Crippen molar-refractivity contribution in [3.8, 4) is 0 Å². The molecule has 3 aromatic rings. The Morgan fingerprint density at radius 2 is 1.90 bits per heavy atom. The molecule has 0 aliphatic rings. The van der Waals surface area contributed by atoms with Gasteiger partial charge in [0.2, 0.25) is 0 Å². The molecule has 20 heavy (non-hydrogen) atoms. The van der Waals surface area contributed by atoms with Crippen LogP contribution in [-0.2, 0) is 6.54 Å². The molecule has 0 aliphatic heterocycles. The Bertz CT molecular complexity index is 781. The molecule has 1 aromatic heterocycles. The van der Waals surface area contributed by atoms with Crippen molar-refractivity contribution in [1.29, 1.82) is 0 Å². The van der Waals surface area contributed by atoms with Gasteiger partial charge in [-0.05, 0) is 27.6 Å². The van der Waals surface area contributed by atoms with Gasteiger partial charge >= 0.3 is 0 Å². The van der Waals surface area contributed by atoms with Gasteiger partial charge in [0.15, 0.2) is 0 Å². The second kappa shape index (κ2) is 5.09. The summed E-state index contributed by atoms with van der Waals surface area (Å²) in [7, 11) is 0. The van der Waals surface area contributed by atoms with Gasteiger partial charge in [-0.3, -0.25) is 10.1 Å². The highest BCUT2D eigenvalue weighted by molar-refractivity contribution is 9.10. The summed E-state index contributed by atoms with van der Waals surface area (Å²) in [5.41, 5.74) is 2.28. The van der Waals surface area contributed by atoms with Crippen molar-refractivity contribution in [1.82, 2.24) is 4.57 Å². The number of halogens is 1. The average molecular weight is 331 g/mol. The molecule has 0 N–H and O–H groups in total. The predicted octanol–water partition coefficient (Wildman–Crippen LogP) is 4.36. The van der Waals surface area contributed by atoms with Crippen LogP contribution in [-0.4, -0.2) is 9.49 Å². The van der Waals surface area contributed by atoms with Gasteiger partial charge in [-0.15, -0.1) is 0 Å². The zero-order valence-electron chi connectivity index (χ0n) is 10.5. The van der Waals surface area contributed by atoms with Gasteiger partial charge in [0, 0.05) is 40.2 Å². The first-order valence-corrected chi connectivity index (χ1v) is 6.91. The molecule has 5 heteroatoms. The van der Waals surface area contributed by atoms with Crippen LogP contribution in [0.4, 0.5) is 5.69 Å². The third-order valence-corrected chi connectivity index (χ3v) is 3.85. The number of hydrogen-bond donors (Lipinski definition) is 0. The largest absolute Gasteiger partial charge is 0.342 e. The van der Waals surface area contributed by atoms with Crippen LogP contribution < -0.4 is 0 Å². The molecular weight excluding hydrogens is 320 g/mol. The van der Waals surface area contributed by atoms with Crippen LogP contribution in [0.25, 0.3) is 10.9 Å². The van der Waals surface area contributed by atoms with Gasteiger partial charge < -0.3 is 4.57 Å². The molecule has 0 amide bonds. The van der Waals surface area contributed by atoms with E-state index in [0.717, 1.165) is 21.9 Å². The highest BCUT2D eigenvalue weighted by atomic mass is 79.9. The Kier molecular flexibility index (Phi) is 3.28. The molecule has 1 heterocycles. The van der Waals surface area contributed by atoms with Crippen LogP contribution in [0.2, 0.25) is 0 Å². The molecule has 0 spiro atoms. The topological polar surface area (TPSA) is 48.1 Å². The van der Waals surface area contributed by atoms with Gasteiger partial charge in [-0.25, -0.2) is 0 Å². The van der Waals surface area contributed by atoms with Crippen LogP contribution in [0.1, 0.15) is 5.56 Å². The van der Waals surface area contributed by atoms with Gasteiger partial charge in [-0.1, -0.05) is 30.3 Å². The predicted molar refractivity (Wildman–Crippen MR) is 81.8 cm³/mol. The van der Waals surface area contributed by atoms with Crippen molar-refractivity contribution in [2.75, 3.05) is 0 Å².